The van der Waals surface area contributed by atoms with Crippen LogP contribution in [0.2, 0.25) is 0 Å². The van der Waals surface area contributed by atoms with Crippen molar-refractivity contribution in [3.63, 3.8) is 0 Å². The number of hydrogen-bond acceptors (Lipinski definition) is 4. The third-order valence-corrected chi connectivity index (χ3v) is 6.29. The molecule has 0 radical (unpaired) electrons. The van der Waals surface area contributed by atoms with Crippen molar-refractivity contribution in [2.24, 2.45) is 0 Å². The number of carbonyl (C=O) groups excluding carboxylic acids is 2. The molecule has 0 atom stereocenters. The number of nitrogens with zero attached hydrogens (tertiary/aromatic N) is 1. The van der Waals surface area contributed by atoms with Gasteiger partial charge in [0.2, 0.25) is 5.91 Å². The number of hydrogen-bond donors (Lipinski definition) is 2. The van der Waals surface area contributed by atoms with E-state index in [4.69, 9.17) is 9.84 Å². The second-order valence-electron chi connectivity index (χ2n) is 8.43. The zero-order valence-corrected chi connectivity index (χ0v) is 19.6. The minimum atomic E-state index is -1.05. The first-order chi connectivity index (χ1) is 17.0. The Morgan fingerprint density at radius 1 is 0.886 bits per heavy atom. The number of carboxylic acids is 1. The van der Waals surface area contributed by atoms with Crippen LogP contribution in [0, 0.1) is 0 Å². The fourth-order valence-corrected chi connectivity index (χ4v) is 4.53. The molecule has 2 N–H and O–H groups in total. The van der Waals surface area contributed by atoms with Crippen LogP contribution in [0.5, 0.6) is 0 Å². The highest BCUT2D eigenvalue weighted by Gasteiger charge is 2.29. The Labute approximate surface area is 204 Å². The lowest BCUT2D eigenvalue weighted by Gasteiger charge is -2.19. The van der Waals surface area contributed by atoms with Gasteiger partial charge in [0, 0.05) is 19.0 Å². The highest BCUT2D eigenvalue weighted by atomic mass is 16.5. The predicted octanol–water partition coefficient (Wildman–Crippen LogP) is 4.20. The van der Waals surface area contributed by atoms with Crippen LogP contribution in [0.25, 0.3) is 11.1 Å². The number of alkyl carbamates (subject to hydrolysis) is 1. The summed E-state index contributed by atoms with van der Waals surface area (Å²) < 4.78 is 5.59. The monoisotopic (exact) mass is 472 g/mol. The second-order valence-corrected chi connectivity index (χ2v) is 8.43. The van der Waals surface area contributed by atoms with E-state index in [2.05, 4.69) is 29.6 Å². The zero-order valence-electron chi connectivity index (χ0n) is 19.6. The third kappa shape index (κ3) is 5.51. The van der Waals surface area contributed by atoms with E-state index in [0.29, 0.717) is 6.54 Å². The van der Waals surface area contributed by atoms with E-state index < -0.39 is 12.1 Å². The molecule has 0 aliphatic heterocycles. The highest BCUT2D eigenvalue weighted by molar-refractivity contribution is 5.83. The molecule has 3 aromatic rings. The van der Waals surface area contributed by atoms with Gasteiger partial charge in [-0.15, -0.1) is 0 Å². The Kier molecular flexibility index (Phi) is 7.45. The van der Waals surface area contributed by atoms with E-state index in [1.165, 1.54) is 16.0 Å². The summed E-state index contributed by atoms with van der Waals surface area (Å²) in [6, 6.07) is 23.6. The maximum atomic E-state index is 12.6. The van der Waals surface area contributed by atoms with Crippen LogP contribution >= 0.6 is 0 Å². The minimum absolute atomic E-state index is 0.0210. The fourth-order valence-electron chi connectivity index (χ4n) is 4.53. The van der Waals surface area contributed by atoms with Crippen molar-refractivity contribution in [3.8, 4) is 11.1 Å². The number of nitrogens with one attached hydrogen (secondary N) is 1. The molecular formula is C28H28N2O5. The van der Waals surface area contributed by atoms with E-state index in [9.17, 15) is 14.4 Å². The first-order valence-electron chi connectivity index (χ1n) is 11.6. The lowest BCUT2D eigenvalue weighted by molar-refractivity contribution is -0.144. The smallest absolute Gasteiger partial charge is 0.407 e. The first-order valence-corrected chi connectivity index (χ1v) is 11.6. The Balaban J connectivity index is 1.36. The summed E-state index contributed by atoms with van der Waals surface area (Å²) in [6.45, 7) is 2.14. The van der Waals surface area contributed by atoms with Crippen molar-refractivity contribution >= 4 is 18.0 Å². The fraction of sp³-hybridized carbons (Fsp3) is 0.250. The summed E-state index contributed by atoms with van der Waals surface area (Å²) in [5, 5.41) is 11.8. The number of ether oxygens (including phenoxy) is 1. The molecule has 0 unspecified atom stereocenters. The van der Waals surface area contributed by atoms with Gasteiger partial charge in [-0.05, 0) is 40.3 Å². The van der Waals surface area contributed by atoms with Crippen LogP contribution in [0.15, 0.2) is 72.8 Å². The van der Waals surface area contributed by atoms with Gasteiger partial charge in [-0.25, -0.2) is 4.79 Å². The van der Waals surface area contributed by atoms with Crippen molar-refractivity contribution in [2.45, 2.75) is 25.8 Å². The Morgan fingerprint density at radius 3 is 2.06 bits per heavy atom. The van der Waals surface area contributed by atoms with Crippen LogP contribution in [-0.2, 0) is 27.3 Å². The Bertz CT molecular complexity index is 1190. The first kappa shape index (κ1) is 24.0. The molecule has 7 heteroatoms. The SMILES string of the molecule is CCN(CC(=O)O)C(=O)Cc1ccccc1CNC(=O)OCC1c2ccccc2-c2ccccc21. The van der Waals surface area contributed by atoms with Crippen molar-refractivity contribution in [2.75, 3.05) is 19.7 Å². The number of rotatable bonds is 9. The van der Waals surface area contributed by atoms with E-state index in [0.717, 1.165) is 22.3 Å². The average molecular weight is 473 g/mol. The van der Waals surface area contributed by atoms with Crippen LogP contribution in [0.1, 0.15) is 35.1 Å². The molecule has 7 nitrogen and oxygen atoms in total. The molecule has 0 spiro atoms. The largest absolute Gasteiger partial charge is 0.480 e. The lowest BCUT2D eigenvalue weighted by Crippen LogP contribution is -2.36. The summed E-state index contributed by atoms with van der Waals surface area (Å²) in [6.07, 6.45) is -0.474. The molecule has 180 valence electrons. The normalized spacial score (nSPS) is 11.9. The topological polar surface area (TPSA) is 95.9 Å². The van der Waals surface area contributed by atoms with Crippen LogP contribution < -0.4 is 5.32 Å². The summed E-state index contributed by atoms with van der Waals surface area (Å²) >= 11 is 0. The molecule has 1 aliphatic rings. The quantitative estimate of drug-likeness (QED) is 0.487. The van der Waals surface area contributed by atoms with Crippen molar-refractivity contribution in [3.05, 3.63) is 95.1 Å². The van der Waals surface area contributed by atoms with Crippen LogP contribution in [-0.4, -0.2) is 47.7 Å². The number of fused-ring (bicyclic) bond motifs is 3. The van der Waals surface area contributed by atoms with Gasteiger partial charge in [0.05, 0.1) is 6.42 Å². The number of aliphatic carboxylic acids is 1. The molecule has 0 heterocycles. The summed E-state index contributed by atoms with van der Waals surface area (Å²) in [7, 11) is 0. The molecule has 3 aromatic carbocycles. The minimum Gasteiger partial charge on any atom is -0.480 e. The van der Waals surface area contributed by atoms with E-state index in [1.807, 2.05) is 42.5 Å². The number of likely N-dealkylation sites (N-methyl/N-ethyl adjacent to an activating group) is 1. The molecule has 2 amide bonds. The molecule has 0 fully saturated rings. The molecule has 0 saturated carbocycles. The standard InChI is InChI=1S/C28H28N2O5/c1-2-30(17-27(32)33)26(31)15-19-9-3-4-10-20(19)16-29-28(34)35-18-25-23-13-7-5-11-21(23)22-12-6-8-14-24(22)25/h3-14,25H,2,15-18H2,1H3,(H,29,34)(H,32,33). The van der Waals surface area contributed by atoms with Crippen LogP contribution in [0.4, 0.5) is 4.79 Å². The van der Waals surface area contributed by atoms with E-state index in [1.54, 1.807) is 13.0 Å². The zero-order chi connectivity index (χ0) is 24.8. The highest BCUT2D eigenvalue weighted by Crippen LogP contribution is 2.44. The van der Waals surface area contributed by atoms with E-state index >= 15 is 0 Å². The lowest BCUT2D eigenvalue weighted by atomic mass is 9.98. The predicted molar refractivity (Wildman–Crippen MR) is 132 cm³/mol. The van der Waals surface area contributed by atoms with Crippen molar-refractivity contribution < 1.29 is 24.2 Å². The van der Waals surface area contributed by atoms with E-state index in [-0.39, 0.29) is 37.9 Å². The molecule has 0 bridgehead atoms. The number of benzene rings is 3. The van der Waals surface area contributed by atoms with Gasteiger partial charge in [-0.3, -0.25) is 9.59 Å². The third-order valence-electron chi connectivity index (χ3n) is 6.29. The second kappa shape index (κ2) is 10.9. The molecule has 1 aliphatic carbocycles. The Hall–Kier alpha value is -4.13. The van der Waals surface area contributed by atoms with Crippen molar-refractivity contribution in [1.82, 2.24) is 10.2 Å². The maximum Gasteiger partial charge on any atom is 0.407 e. The molecular weight excluding hydrogens is 444 g/mol. The number of amides is 2. The van der Waals surface area contributed by atoms with Gasteiger partial charge in [-0.2, -0.15) is 0 Å². The molecule has 0 aromatic heterocycles. The molecule has 35 heavy (non-hydrogen) atoms. The molecule has 4 rings (SSSR count). The summed E-state index contributed by atoms with van der Waals surface area (Å²) in [5.74, 6) is -1.35. The van der Waals surface area contributed by atoms with Gasteiger partial charge in [0.15, 0.2) is 0 Å². The summed E-state index contributed by atoms with van der Waals surface area (Å²) in [5.41, 5.74) is 6.14. The number of carboxylic acid groups (broad SMARTS) is 1. The van der Waals surface area contributed by atoms with Gasteiger partial charge in [0.25, 0.3) is 0 Å². The maximum absolute atomic E-state index is 12.6. The van der Waals surface area contributed by atoms with Gasteiger partial charge in [0.1, 0.15) is 13.2 Å². The molecule has 0 saturated heterocycles. The van der Waals surface area contributed by atoms with Gasteiger partial charge in [-0.1, -0.05) is 72.8 Å². The average Bonchev–Trinajstić information content (AvgIpc) is 3.19. The van der Waals surface area contributed by atoms with Crippen molar-refractivity contribution in [1.29, 1.82) is 0 Å². The summed E-state index contributed by atoms with van der Waals surface area (Å²) in [4.78, 5) is 37.4. The Morgan fingerprint density at radius 2 is 1.46 bits per heavy atom. The number of carbonyl (C=O) groups is 3. The van der Waals surface area contributed by atoms with Gasteiger partial charge < -0.3 is 20.1 Å². The van der Waals surface area contributed by atoms with Gasteiger partial charge >= 0.3 is 12.1 Å². The van der Waals surface area contributed by atoms with Crippen LogP contribution in [0.3, 0.4) is 0 Å².